The largest absolute Gasteiger partial charge is 0.497 e. The number of piperidine rings is 1. The fraction of sp³-hybridized carbons (Fsp3) is 0.684. The van der Waals surface area contributed by atoms with E-state index in [4.69, 9.17) is 4.74 Å². The lowest BCUT2D eigenvalue weighted by molar-refractivity contribution is 0.143. The lowest BCUT2D eigenvalue weighted by Gasteiger charge is -2.35. The number of sulfonamides is 1. The number of aryl methyl sites for hydroxylation is 2. The molecule has 1 unspecified atom stereocenters. The summed E-state index contributed by atoms with van der Waals surface area (Å²) in [5.41, 5.74) is 1.43. The Bertz CT molecular complexity index is 650. The van der Waals surface area contributed by atoms with Crippen LogP contribution in [0.1, 0.15) is 50.2 Å². The normalized spacial score (nSPS) is 19.1. The molecule has 6 heteroatoms. The van der Waals surface area contributed by atoms with Gasteiger partial charge in [0.25, 0.3) is 0 Å². The third-order valence-electron chi connectivity index (χ3n) is 5.07. The molecule has 0 bridgehead atoms. The molecule has 0 saturated carbocycles. The molecular formula is C19H32N2O3S. The molecule has 1 N–H and O–H groups in total. The molecule has 0 aromatic heterocycles. The first-order valence-electron chi connectivity index (χ1n) is 9.28. The van der Waals surface area contributed by atoms with Crippen molar-refractivity contribution in [2.24, 2.45) is 0 Å². The van der Waals surface area contributed by atoms with Crippen molar-refractivity contribution in [2.75, 3.05) is 26.7 Å². The maximum Gasteiger partial charge on any atom is 0.241 e. The third kappa shape index (κ3) is 5.19. The Morgan fingerprint density at radius 2 is 1.92 bits per heavy atom. The minimum absolute atomic E-state index is 0.373. The molecule has 142 valence electrons. The van der Waals surface area contributed by atoms with Crippen LogP contribution in [-0.2, 0) is 10.0 Å². The Kier molecular flexibility index (Phi) is 7.28. The van der Waals surface area contributed by atoms with E-state index in [1.807, 2.05) is 13.8 Å². The number of rotatable bonds is 8. The summed E-state index contributed by atoms with van der Waals surface area (Å²) >= 11 is 0. The minimum atomic E-state index is -3.49. The van der Waals surface area contributed by atoms with Crippen LogP contribution in [0.2, 0.25) is 0 Å². The highest BCUT2D eigenvalue weighted by Crippen LogP contribution is 2.25. The van der Waals surface area contributed by atoms with Gasteiger partial charge in [-0.2, -0.15) is 0 Å². The second-order valence-electron chi connectivity index (χ2n) is 6.94. The van der Waals surface area contributed by atoms with Gasteiger partial charge in [0.2, 0.25) is 10.0 Å². The number of nitrogens with one attached hydrogen (secondary N) is 1. The fourth-order valence-electron chi connectivity index (χ4n) is 3.83. The molecule has 0 amide bonds. The van der Waals surface area contributed by atoms with E-state index in [2.05, 4.69) is 16.5 Å². The van der Waals surface area contributed by atoms with E-state index in [0.717, 1.165) is 19.5 Å². The summed E-state index contributed by atoms with van der Waals surface area (Å²) in [6.07, 6.45) is 5.86. The molecule has 0 aliphatic carbocycles. The first-order valence-corrected chi connectivity index (χ1v) is 10.8. The van der Waals surface area contributed by atoms with Crippen molar-refractivity contribution in [1.29, 1.82) is 0 Å². The van der Waals surface area contributed by atoms with Crippen LogP contribution in [0.3, 0.4) is 0 Å². The predicted octanol–water partition coefficient (Wildman–Crippen LogP) is 3.24. The Hall–Kier alpha value is -1.11. The molecule has 1 saturated heterocycles. The van der Waals surface area contributed by atoms with Crippen LogP contribution in [0, 0.1) is 13.8 Å². The molecule has 0 radical (unpaired) electrons. The Labute approximate surface area is 152 Å². The van der Waals surface area contributed by atoms with Gasteiger partial charge in [-0.1, -0.05) is 13.3 Å². The van der Waals surface area contributed by atoms with Gasteiger partial charge in [0.15, 0.2) is 0 Å². The van der Waals surface area contributed by atoms with Crippen molar-refractivity contribution < 1.29 is 13.2 Å². The van der Waals surface area contributed by atoms with Gasteiger partial charge in [0.1, 0.15) is 5.75 Å². The fourth-order valence-corrected chi connectivity index (χ4v) is 5.35. The van der Waals surface area contributed by atoms with Crippen molar-refractivity contribution in [2.45, 2.75) is 63.8 Å². The molecule has 1 aliphatic rings. The second-order valence-corrected chi connectivity index (χ2v) is 8.64. The zero-order valence-electron chi connectivity index (χ0n) is 16.0. The first-order chi connectivity index (χ1) is 11.9. The number of hydrogen-bond acceptors (Lipinski definition) is 4. The van der Waals surface area contributed by atoms with E-state index in [1.165, 1.54) is 25.7 Å². The molecule has 1 fully saturated rings. The summed E-state index contributed by atoms with van der Waals surface area (Å²) in [6, 6.07) is 4.19. The SMILES string of the molecule is CCC1CCCCN1CCCNS(=O)(=O)c1c(C)cc(OC)cc1C. The molecule has 1 aliphatic heterocycles. The summed E-state index contributed by atoms with van der Waals surface area (Å²) in [4.78, 5) is 2.89. The van der Waals surface area contributed by atoms with Crippen LogP contribution in [-0.4, -0.2) is 46.1 Å². The number of methoxy groups -OCH3 is 1. The minimum Gasteiger partial charge on any atom is -0.497 e. The molecule has 1 aromatic rings. The molecule has 2 rings (SSSR count). The van der Waals surface area contributed by atoms with Crippen LogP contribution in [0.25, 0.3) is 0 Å². The summed E-state index contributed by atoms with van der Waals surface area (Å²) in [6.45, 7) is 8.43. The van der Waals surface area contributed by atoms with Gasteiger partial charge in [-0.05, 0) is 75.9 Å². The molecule has 1 heterocycles. The molecule has 25 heavy (non-hydrogen) atoms. The van der Waals surface area contributed by atoms with Gasteiger partial charge in [-0.15, -0.1) is 0 Å². The molecular weight excluding hydrogens is 336 g/mol. The highest BCUT2D eigenvalue weighted by Gasteiger charge is 2.22. The van der Waals surface area contributed by atoms with Gasteiger partial charge in [0, 0.05) is 12.6 Å². The Morgan fingerprint density at radius 1 is 1.24 bits per heavy atom. The van der Waals surface area contributed by atoms with Crippen LogP contribution in [0.4, 0.5) is 0 Å². The number of nitrogens with zero attached hydrogens (tertiary/aromatic N) is 1. The zero-order valence-corrected chi connectivity index (χ0v) is 16.8. The maximum atomic E-state index is 12.7. The number of ether oxygens (including phenoxy) is 1. The monoisotopic (exact) mass is 368 g/mol. The van der Waals surface area contributed by atoms with Crippen LogP contribution >= 0.6 is 0 Å². The van der Waals surface area contributed by atoms with Crippen molar-refractivity contribution in [3.63, 3.8) is 0 Å². The van der Waals surface area contributed by atoms with Gasteiger partial charge in [-0.25, -0.2) is 13.1 Å². The second kappa shape index (κ2) is 9.01. The standard InChI is InChI=1S/C19H32N2O3S/c1-5-17-9-6-7-11-21(17)12-8-10-20-25(22,23)19-15(2)13-18(24-4)14-16(19)3/h13-14,17,20H,5-12H2,1-4H3. The summed E-state index contributed by atoms with van der Waals surface area (Å²) in [5.74, 6) is 0.685. The predicted molar refractivity (Wildman–Crippen MR) is 102 cm³/mol. The van der Waals surface area contributed by atoms with E-state index in [0.29, 0.717) is 34.4 Å². The van der Waals surface area contributed by atoms with Crippen LogP contribution in [0.15, 0.2) is 17.0 Å². The molecule has 1 aromatic carbocycles. The maximum absolute atomic E-state index is 12.7. The first kappa shape index (κ1) is 20.2. The average molecular weight is 369 g/mol. The zero-order chi connectivity index (χ0) is 18.4. The quantitative estimate of drug-likeness (QED) is 0.716. The van der Waals surface area contributed by atoms with Gasteiger partial charge in [-0.3, -0.25) is 0 Å². The summed E-state index contributed by atoms with van der Waals surface area (Å²) < 4.78 is 33.3. The van der Waals surface area contributed by atoms with Gasteiger partial charge >= 0.3 is 0 Å². The highest BCUT2D eigenvalue weighted by molar-refractivity contribution is 7.89. The van der Waals surface area contributed by atoms with E-state index in [9.17, 15) is 8.42 Å². The van der Waals surface area contributed by atoms with E-state index in [1.54, 1.807) is 19.2 Å². The summed E-state index contributed by atoms with van der Waals surface area (Å²) in [5, 5.41) is 0. The van der Waals surface area contributed by atoms with Crippen molar-refractivity contribution in [3.8, 4) is 5.75 Å². The lowest BCUT2D eigenvalue weighted by atomic mass is 10.00. The van der Waals surface area contributed by atoms with Gasteiger partial charge in [0.05, 0.1) is 12.0 Å². The van der Waals surface area contributed by atoms with Crippen molar-refractivity contribution in [3.05, 3.63) is 23.3 Å². The van der Waals surface area contributed by atoms with Crippen LogP contribution in [0.5, 0.6) is 5.75 Å². The van der Waals surface area contributed by atoms with Crippen molar-refractivity contribution in [1.82, 2.24) is 9.62 Å². The average Bonchev–Trinajstić information content (AvgIpc) is 2.58. The molecule has 1 atom stereocenters. The van der Waals surface area contributed by atoms with E-state index < -0.39 is 10.0 Å². The molecule has 0 spiro atoms. The third-order valence-corrected chi connectivity index (χ3v) is 6.84. The van der Waals surface area contributed by atoms with Crippen molar-refractivity contribution >= 4 is 10.0 Å². The Balaban J connectivity index is 1.94. The van der Waals surface area contributed by atoms with Gasteiger partial charge < -0.3 is 9.64 Å². The number of benzene rings is 1. The topological polar surface area (TPSA) is 58.6 Å². The van der Waals surface area contributed by atoms with Crippen LogP contribution < -0.4 is 9.46 Å². The Morgan fingerprint density at radius 3 is 2.52 bits per heavy atom. The van der Waals surface area contributed by atoms with E-state index in [-0.39, 0.29) is 0 Å². The highest BCUT2D eigenvalue weighted by atomic mass is 32.2. The smallest absolute Gasteiger partial charge is 0.241 e. The summed E-state index contributed by atoms with van der Waals surface area (Å²) in [7, 11) is -1.90. The molecule has 5 nitrogen and oxygen atoms in total. The lowest BCUT2D eigenvalue weighted by Crippen LogP contribution is -2.40. The number of likely N-dealkylation sites (tertiary alicyclic amines) is 1. The van der Waals surface area contributed by atoms with E-state index >= 15 is 0 Å². The number of hydrogen-bond donors (Lipinski definition) is 1.